The van der Waals surface area contributed by atoms with Crippen molar-refractivity contribution in [1.82, 2.24) is 0 Å². The van der Waals surface area contributed by atoms with Crippen molar-refractivity contribution in [2.75, 3.05) is 0 Å². The van der Waals surface area contributed by atoms with Gasteiger partial charge in [0.2, 0.25) is 0 Å². The molecule has 0 aliphatic rings. The summed E-state index contributed by atoms with van der Waals surface area (Å²) in [6.07, 6.45) is 20.4. The van der Waals surface area contributed by atoms with E-state index in [-0.39, 0.29) is 116 Å². The fourth-order valence-corrected chi connectivity index (χ4v) is 4.62. The second kappa shape index (κ2) is 33.6. The Bertz CT molecular complexity index is 1780. The second-order valence-corrected chi connectivity index (χ2v) is 11.7. The molecule has 0 atom stereocenters. The molecule has 0 saturated carbocycles. The summed E-state index contributed by atoms with van der Waals surface area (Å²) < 4.78 is 0. The van der Waals surface area contributed by atoms with Crippen LogP contribution in [-0.4, -0.2) is 22.8 Å². The summed E-state index contributed by atoms with van der Waals surface area (Å²) in [5.41, 5.74) is 6.16. The first kappa shape index (κ1) is 53.7. The second-order valence-electron chi connectivity index (χ2n) is 11.7. The molecule has 6 aromatic rings. The maximum Gasteiger partial charge on any atom is 1.00 e. The Balaban J connectivity index is 0. The van der Waals surface area contributed by atoms with Gasteiger partial charge in [-0.25, -0.2) is 0 Å². The molecule has 0 heterocycles. The van der Waals surface area contributed by atoms with Gasteiger partial charge in [0.25, 0.3) is 0 Å². The van der Waals surface area contributed by atoms with Gasteiger partial charge in [-0.1, -0.05) is 218 Å². The maximum absolute atomic E-state index is 11.6. The van der Waals surface area contributed by atoms with Gasteiger partial charge in [-0.05, 0) is 69.8 Å². The molecular formula is C51H45KO4Pd2. The van der Waals surface area contributed by atoms with E-state index in [1.54, 1.807) is 36.5 Å². The number of carbonyl (C=O) groups excluding carboxylic acids is 3. The molecule has 0 fully saturated rings. The van der Waals surface area contributed by atoms with Gasteiger partial charge in [0.15, 0.2) is 17.3 Å². The molecule has 6 aromatic carbocycles. The Morgan fingerprint density at radius 2 is 0.397 bits per heavy atom. The number of rotatable bonds is 12. The van der Waals surface area contributed by atoms with Gasteiger partial charge in [0.1, 0.15) is 0 Å². The van der Waals surface area contributed by atoms with Gasteiger partial charge in [-0.3, -0.25) is 14.4 Å². The van der Waals surface area contributed by atoms with Crippen LogP contribution in [0.1, 0.15) is 34.8 Å². The van der Waals surface area contributed by atoms with Crippen LogP contribution in [0.2, 0.25) is 0 Å². The molecular weight excluding hydrogens is 928 g/mol. The van der Waals surface area contributed by atoms with Crippen LogP contribution in [0.25, 0.3) is 36.5 Å². The molecule has 0 spiro atoms. The predicted octanol–water partition coefficient (Wildman–Crippen LogP) is 8.23. The van der Waals surface area contributed by atoms with E-state index in [0.717, 1.165) is 33.4 Å². The molecule has 0 bridgehead atoms. The van der Waals surface area contributed by atoms with Crippen LogP contribution in [0.5, 0.6) is 0 Å². The molecule has 294 valence electrons. The standard InChI is InChI=1S/3C17H14O.K.H2O.2Pd.H/c3*18-17(13-11-15-7-3-1-4-8-15)14-12-16-9-5-2-6-10-16;;;;;/h3*1-14H;;1H2;;;/q;;;+1;;;;-1. The molecule has 6 rings (SSSR count). The van der Waals surface area contributed by atoms with Crippen LogP contribution in [-0.2, 0) is 55.2 Å². The number of allylic oxidation sites excluding steroid dienone is 6. The summed E-state index contributed by atoms with van der Waals surface area (Å²) in [5.74, 6) is -0.0341. The molecule has 0 amide bonds. The zero-order valence-electron chi connectivity index (χ0n) is 33.1. The average molecular weight is 974 g/mol. The fraction of sp³-hybridized carbons (Fsp3) is 0. The van der Waals surface area contributed by atoms with E-state index < -0.39 is 0 Å². The summed E-state index contributed by atoms with van der Waals surface area (Å²) in [6, 6.07) is 58.7. The summed E-state index contributed by atoms with van der Waals surface area (Å²) in [7, 11) is 0. The number of hydrogen-bond donors (Lipinski definition) is 0. The largest absolute Gasteiger partial charge is 1.00 e. The predicted molar refractivity (Wildman–Crippen MR) is 233 cm³/mol. The van der Waals surface area contributed by atoms with Crippen molar-refractivity contribution in [2.45, 2.75) is 0 Å². The Morgan fingerprint density at radius 1 is 0.276 bits per heavy atom. The third kappa shape index (κ3) is 24.5. The molecule has 4 nitrogen and oxygen atoms in total. The Hall–Kier alpha value is -4.31. The Kier molecular flexibility index (Phi) is 31.1. The number of hydrogen-bond acceptors (Lipinski definition) is 3. The van der Waals surface area contributed by atoms with E-state index in [1.807, 2.05) is 218 Å². The van der Waals surface area contributed by atoms with Gasteiger partial charge in [-0.15, -0.1) is 0 Å². The smallest absolute Gasteiger partial charge is 1.00 e. The maximum atomic E-state index is 11.6. The topological polar surface area (TPSA) is 82.7 Å². The zero-order chi connectivity index (χ0) is 37.9. The minimum atomic E-state index is -0.0114. The fourth-order valence-electron chi connectivity index (χ4n) is 4.62. The van der Waals surface area contributed by atoms with E-state index in [1.165, 1.54) is 0 Å². The SMILES string of the molecule is O.O=C(C=Cc1ccccc1)C=Cc1ccccc1.O=C(C=Cc1ccccc1)C=Cc1ccccc1.O=C(C=Cc1ccccc1)C=Cc1ccccc1.[H-].[K+].[Pd].[Pd]. The van der Waals surface area contributed by atoms with Crippen LogP contribution in [0.4, 0.5) is 0 Å². The molecule has 7 heteroatoms. The van der Waals surface area contributed by atoms with Crippen molar-refractivity contribution >= 4 is 53.8 Å². The number of carbonyl (C=O) groups is 3. The monoisotopic (exact) mass is 972 g/mol. The Morgan fingerprint density at radius 3 is 0.517 bits per heavy atom. The minimum absolute atomic E-state index is 0. The Labute approximate surface area is 414 Å². The van der Waals surface area contributed by atoms with Crippen LogP contribution >= 0.6 is 0 Å². The van der Waals surface area contributed by atoms with Gasteiger partial charge < -0.3 is 6.90 Å². The van der Waals surface area contributed by atoms with Gasteiger partial charge in [0, 0.05) is 40.8 Å². The van der Waals surface area contributed by atoms with E-state index >= 15 is 0 Å². The van der Waals surface area contributed by atoms with Crippen LogP contribution in [0, 0.1) is 0 Å². The van der Waals surface area contributed by atoms with Crippen molar-refractivity contribution in [1.29, 1.82) is 0 Å². The van der Waals surface area contributed by atoms with Crippen molar-refractivity contribution in [2.24, 2.45) is 0 Å². The summed E-state index contributed by atoms with van der Waals surface area (Å²) in [6.45, 7) is 0. The first-order valence-corrected chi connectivity index (χ1v) is 17.5. The number of ketones is 3. The molecule has 58 heavy (non-hydrogen) atoms. The quantitative estimate of drug-likeness (QED) is 0.0916. The van der Waals surface area contributed by atoms with Crippen LogP contribution < -0.4 is 51.4 Å². The average Bonchev–Trinajstić information content (AvgIpc) is 3.24. The van der Waals surface area contributed by atoms with Crippen molar-refractivity contribution in [3.63, 3.8) is 0 Å². The van der Waals surface area contributed by atoms with E-state index in [2.05, 4.69) is 0 Å². The molecule has 0 aliphatic heterocycles. The summed E-state index contributed by atoms with van der Waals surface area (Å²) in [5, 5.41) is 0. The molecule has 2 N–H and O–H groups in total. The van der Waals surface area contributed by atoms with Crippen LogP contribution in [0.15, 0.2) is 218 Å². The minimum Gasteiger partial charge on any atom is -1.00 e. The van der Waals surface area contributed by atoms with E-state index in [4.69, 9.17) is 0 Å². The molecule has 0 aromatic heterocycles. The van der Waals surface area contributed by atoms with Crippen molar-refractivity contribution in [3.05, 3.63) is 252 Å². The summed E-state index contributed by atoms with van der Waals surface area (Å²) in [4.78, 5) is 34.8. The van der Waals surface area contributed by atoms with E-state index in [0.29, 0.717) is 0 Å². The van der Waals surface area contributed by atoms with E-state index in [9.17, 15) is 14.4 Å². The molecule has 0 radical (unpaired) electrons. The first-order valence-electron chi connectivity index (χ1n) is 17.5. The van der Waals surface area contributed by atoms with Gasteiger partial charge in [-0.2, -0.15) is 0 Å². The molecule has 0 unspecified atom stereocenters. The van der Waals surface area contributed by atoms with Crippen molar-refractivity contribution in [3.8, 4) is 0 Å². The summed E-state index contributed by atoms with van der Waals surface area (Å²) >= 11 is 0. The molecule has 0 aliphatic carbocycles. The third-order valence-corrected chi connectivity index (χ3v) is 7.44. The zero-order valence-corrected chi connectivity index (χ0v) is 38.3. The first-order chi connectivity index (χ1) is 26.5. The van der Waals surface area contributed by atoms with Crippen molar-refractivity contribution < 1.29 is 114 Å². The van der Waals surface area contributed by atoms with Gasteiger partial charge in [0.05, 0.1) is 0 Å². The molecule has 0 saturated heterocycles. The third-order valence-electron chi connectivity index (χ3n) is 7.44. The number of benzene rings is 6. The van der Waals surface area contributed by atoms with Gasteiger partial charge >= 0.3 is 51.4 Å². The normalized spacial score (nSPS) is 10.3. The van der Waals surface area contributed by atoms with Crippen LogP contribution in [0.3, 0.4) is 0 Å².